The Morgan fingerprint density at radius 2 is 2.06 bits per heavy atom. The van der Waals surface area contributed by atoms with Crippen molar-refractivity contribution in [2.75, 3.05) is 0 Å². The lowest BCUT2D eigenvalue weighted by Crippen LogP contribution is -2.10. The standard InChI is InChI=1S/C11H7F2N3O/c1-16-10-7(4-14-16)15-6-3-2-5(12)9(13)8(6)11(10)17/h2-4H,1H3,(H,15,17). The van der Waals surface area contributed by atoms with Gasteiger partial charge in [-0.05, 0) is 12.1 Å². The van der Waals surface area contributed by atoms with Gasteiger partial charge >= 0.3 is 0 Å². The van der Waals surface area contributed by atoms with E-state index in [9.17, 15) is 13.6 Å². The molecule has 3 aromatic rings. The molecule has 0 aliphatic rings. The Labute approximate surface area is 93.5 Å². The molecule has 3 rings (SSSR count). The normalized spacial score (nSPS) is 11.5. The zero-order chi connectivity index (χ0) is 12.2. The van der Waals surface area contributed by atoms with Crippen LogP contribution in [0.5, 0.6) is 0 Å². The number of nitrogens with zero attached hydrogens (tertiary/aromatic N) is 2. The van der Waals surface area contributed by atoms with Gasteiger partial charge in [0.15, 0.2) is 11.6 Å². The topological polar surface area (TPSA) is 50.7 Å². The molecule has 86 valence electrons. The monoisotopic (exact) mass is 235 g/mol. The fourth-order valence-corrected chi connectivity index (χ4v) is 1.94. The van der Waals surface area contributed by atoms with Crippen molar-refractivity contribution < 1.29 is 8.78 Å². The second-order valence-electron chi connectivity index (χ2n) is 3.77. The molecular formula is C11H7F2N3O. The Bertz CT molecular complexity index is 804. The fraction of sp³-hybridized carbons (Fsp3) is 0.0909. The molecule has 2 aromatic heterocycles. The number of aromatic amines is 1. The summed E-state index contributed by atoms with van der Waals surface area (Å²) in [5.41, 5.74) is 0.415. The third-order valence-corrected chi connectivity index (χ3v) is 2.75. The van der Waals surface area contributed by atoms with Gasteiger partial charge in [-0.3, -0.25) is 9.48 Å². The van der Waals surface area contributed by atoms with E-state index in [0.29, 0.717) is 5.52 Å². The number of nitrogens with one attached hydrogen (secondary N) is 1. The van der Waals surface area contributed by atoms with E-state index in [0.717, 1.165) is 6.07 Å². The van der Waals surface area contributed by atoms with Crippen LogP contribution in [0.4, 0.5) is 8.78 Å². The first kappa shape index (κ1) is 9.95. The van der Waals surface area contributed by atoms with Gasteiger partial charge in [0.25, 0.3) is 0 Å². The van der Waals surface area contributed by atoms with E-state index in [2.05, 4.69) is 10.1 Å². The number of pyridine rings is 1. The van der Waals surface area contributed by atoms with Crippen molar-refractivity contribution in [3.63, 3.8) is 0 Å². The summed E-state index contributed by atoms with van der Waals surface area (Å²) >= 11 is 0. The minimum Gasteiger partial charge on any atom is -0.352 e. The quantitative estimate of drug-likeness (QED) is 0.644. The molecule has 1 N–H and O–H groups in total. The average molecular weight is 235 g/mol. The van der Waals surface area contributed by atoms with Gasteiger partial charge in [0.05, 0.1) is 22.6 Å². The molecule has 0 unspecified atom stereocenters. The third kappa shape index (κ3) is 1.20. The first-order valence-corrected chi connectivity index (χ1v) is 4.91. The second kappa shape index (κ2) is 3.13. The zero-order valence-electron chi connectivity index (χ0n) is 8.79. The summed E-state index contributed by atoms with van der Waals surface area (Å²) in [5.74, 6) is -2.17. The number of H-pyrrole nitrogens is 1. The van der Waals surface area contributed by atoms with Gasteiger partial charge in [0.1, 0.15) is 5.52 Å². The van der Waals surface area contributed by atoms with E-state index in [1.54, 1.807) is 7.05 Å². The Hall–Kier alpha value is -2.24. The third-order valence-electron chi connectivity index (χ3n) is 2.75. The van der Waals surface area contributed by atoms with Gasteiger partial charge in [-0.2, -0.15) is 5.10 Å². The van der Waals surface area contributed by atoms with Crippen molar-refractivity contribution in [3.8, 4) is 0 Å². The second-order valence-corrected chi connectivity index (χ2v) is 3.77. The van der Waals surface area contributed by atoms with Crippen LogP contribution >= 0.6 is 0 Å². The van der Waals surface area contributed by atoms with Gasteiger partial charge < -0.3 is 4.98 Å². The van der Waals surface area contributed by atoms with Gasteiger partial charge in [0, 0.05) is 7.05 Å². The van der Waals surface area contributed by atoms with E-state index >= 15 is 0 Å². The van der Waals surface area contributed by atoms with Crippen LogP contribution in [0.1, 0.15) is 0 Å². The maximum absolute atomic E-state index is 13.6. The molecule has 0 saturated heterocycles. The maximum Gasteiger partial charge on any atom is 0.218 e. The highest BCUT2D eigenvalue weighted by atomic mass is 19.2. The van der Waals surface area contributed by atoms with E-state index < -0.39 is 17.1 Å². The van der Waals surface area contributed by atoms with E-state index in [4.69, 9.17) is 0 Å². The van der Waals surface area contributed by atoms with Gasteiger partial charge in [-0.25, -0.2) is 8.78 Å². The van der Waals surface area contributed by atoms with Crippen molar-refractivity contribution in [1.29, 1.82) is 0 Å². The molecule has 0 amide bonds. The van der Waals surface area contributed by atoms with Crippen LogP contribution < -0.4 is 5.43 Å². The highest BCUT2D eigenvalue weighted by molar-refractivity contribution is 5.90. The fourth-order valence-electron chi connectivity index (χ4n) is 1.94. The molecule has 0 bridgehead atoms. The lowest BCUT2D eigenvalue weighted by molar-refractivity contribution is 0.516. The van der Waals surface area contributed by atoms with Crippen LogP contribution in [0.25, 0.3) is 21.9 Å². The minimum absolute atomic E-state index is 0.224. The molecule has 0 aliphatic heterocycles. The molecule has 0 saturated carbocycles. The summed E-state index contributed by atoms with van der Waals surface area (Å²) in [6.45, 7) is 0. The lowest BCUT2D eigenvalue weighted by Gasteiger charge is -2.01. The maximum atomic E-state index is 13.6. The summed E-state index contributed by atoms with van der Waals surface area (Å²) in [6, 6.07) is 2.32. The largest absolute Gasteiger partial charge is 0.352 e. The minimum atomic E-state index is -1.13. The first-order valence-electron chi connectivity index (χ1n) is 4.91. The molecule has 17 heavy (non-hydrogen) atoms. The molecule has 0 fully saturated rings. The predicted molar refractivity (Wildman–Crippen MR) is 58.8 cm³/mol. The van der Waals surface area contributed by atoms with Crippen LogP contribution in [0.3, 0.4) is 0 Å². The van der Waals surface area contributed by atoms with Crippen LogP contribution in [0, 0.1) is 11.6 Å². The summed E-state index contributed by atoms with van der Waals surface area (Å²) in [6.07, 6.45) is 1.47. The number of rotatable bonds is 0. The number of benzene rings is 1. The van der Waals surface area contributed by atoms with Crippen LogP contribution in [0.15, 0.2) is 23.1 Å². The van der Waals surface area contributed by atoms with Crippen LogP contribution in [-0.2, 0) is 7.05 Å². The summed E-state index contributed by atoms with van der Waals surface area (Å²) < 4.78 is 28.0. The average Bonchev–Trinajstić information content (AvgIpc) is 2.66. The van der Waals surface area contributed by atoms with Crippen LogP contribution in [0.2, 0.25) is 0 Å². The Morgan fingerprint density at radius 3 is 2.82 bits per heavy atom. The number of hydrogen-bond donors (Lipinski definition) is 1. The van der Waals surface area contributed by atoms with Crippen molar-refractivity contribution >= 4 is 21.9 Å². The molecule has 1 aromatic carbocycles. The molecular weight excluding hydrogens is 228 g/mol. The van der Waals surface area contributed by atoms with Crippen molar-refractivity contribution in [2.45, 2.75) is 0 Å². The van der Waals surface area contributed by atoms with Gasteiger partial charge in [-0.15, -0.1) is 0 Å². The molecule has 0 radical (unpaired) electrons. The molecule has 4 nitrogen and oxygen atoms in total. The number of aryl methyl sites for hydroxylation is 1. The van der Waals surface area contributed by atoms with Gasteiger partial charge in [0.2, 0.25) is 5.43 Å². The van der Waals surface area contributed by atoms with Crippen LogP contribution in [-0.4, -0.2) is 14.8 Å². The SMILES string of the molecule is Cn1ncc2[nH]c3ccc(F)c(F)c3c(=O)c21. The Kier molecular flexibility index (Phi) is 1.83. The van der Waals surface area contributed by atoms with E-state index in [1.807, 2.05) is 0 Å². The highest BCUT2D eigenvalue weighted by Gasteiger charge is 2.15. The van der Waals surface area contributed by atoms with Gasteiger partial charge in [-0.1, -0.05) is 0 Å². The summed E-state index contributed by atoms with van der Waals surface area (Å²) in [7, 11) is 1.57. The van der Waals surface area contributed by atoms with Crippen molar-refractivity contribution in [3.05, 3.63) is 40.2 Å². The van der Waals surface area contributed by atoms with Crippen molar-refractivity contribution in [2.24, 2.45) is 7.05 Å². The molecule has 2 heterocycles. The Balaban J connectivity index is 2.68. The number of halogens is 2. The summed E-state index contributed by atoms with van der Waals surface area (Å²) in [5, 5.41) is 3.62. The highest BCUT2D eigenvalue weighted by Crippen LogP contribution is 2.18. The smallest absolute Gasteiger partial charge is 0.218 e. The number of aromatic nitrogens is 3. The number of fused-ring (bicyclic) bond motifs is 2. The predicted octanol–water partition coefficient (Wildman–Crippen LogP) is 1.69. The molecule has 0 atom stereocenters. The van der Waals surface area contributed by atoms with Crippen molar-refractivity contribution in [1.82, 2.24) is 14.8 Å². The van der Waals surface area contributed by atoms with E-state index in [1.165, 1.54) is 16.9 Å². The first-order chi connectivity index (χ1) is 8.09. The molecule has 0 aliphatic carbocycles. The molecule has 6 heteroatoms. The summed E-state index contributed by atoms with van der Waals surface area (Å²) in [4.78, 5) is 14.9. The van der Waals surface area contributed by atoms with E-state index in [-0.39, 0.29) is 16.4 Å². The lowest BCUT2D eigenvalue weighted by atomic mass is 10.2. The zero-order valence-corrected chi connectivity index (χ0v) is 8.79. The molecule has 0 spiro atoms. The Morgan fingerprint density at radius 1 is 1.29 bits per heavy atom. The number of hydrogen-bond acceptors (Lipinski definition) is 2.